The molecule has 0 spiro atoms. The average Bonchev–Trinajstić information content (AvgIpc) is 2.94. The molecule has 134 valence electrons. The minimum Gasteiger partial charge on any atom is -0.487 e. The normalized spacial score (nSPS) is 10.7. The zero-order valence-electron chi connectivity index (χ0n) is 14.1. The highest BCUT2D eigenvalue weighted by atomic mass is 32.1. The molecule has 0 radical (unpaired) electrons. The molecule has 0 saturated carbocycles. The van der Waals surface area contributed by atoms with Gasteiger partial charge in [0.25, 0.3) is 0 Å². The van der Waals surface area contributed by atoms with E-state index in [2.05, 4.69) is 4.37 Å². The highest BCUT2D eigenvalue weighted by Crippen LogP contribution is 2.36. The Kier molecular flexibility index (Phi) is 5.92. The van der Waals surface area contributed by atoms with Gasteiger partial charge in [-0.25, -0.2) is 4.79 Å². The van der Waals surface area contributed by atoms with Crippen molar-refractivity contribution in [2.24, 2.45) is 5.92 Å². The highest BCUT2D eigenvalue weighted by Gasteiger charge is 2.23. The SMILES string of the molecule is CCOC(=O)c1snc(-c2ccc(OCC(C)C)c([N+](=O)[O-])c2)c1N. The number of esters is 1. The van der Waals surface area contributed by atoms with E-state index in [1.807, 2.05) is 13.8 Å². The molecule has 0 saturated heterocycles. The van der Waals surface area contributed by atoms with Crippen LogP contribution in [0.5, 0.6) is 5.75 Å². The third kappa shape index (κ3) is 4.24. The fourth-order valence-electron chi connectivity index (χ4n) is 2.04. The Bertz CT molecular complexity index is 788. The lowest BCUT2D eigenvalue weighted by Crippen LogP contribution is -2.06. The summed E-state index contributed by atoms with van der Waals surface area (Å²) < 4.78 is 14.6. The molecule has 1 aromatic carbocycles. The minimum absolute atomic E-state index is 0.147. The summed E-state index contributed by atoms with van der Waals surface area (Å²) in [5.74, 6) is -0.141. The van der Waals surface area contributed by atoms with Crippen LogP contribution >= 0.6 is 11.5 Å². The Morgan fingerprint density at radius 2 is 2.16 bits per heavy atom. The lowest BCUT2D eigenvalue weighted by atomic mass is 10.1. The molecule has 0 unspecified atom stereocenters. The molecule has 2 N–H and O–H groups in total. The fraction of sp³-hybridized carbons (Fsp3) is 0.375. The van der Waals surface area contributed by atoms with Crippen molar-refractivity contribution in [3.05, 3.63) is 33.2 Å². The lowest BCUT2D eigenvalue weighted by molar-refractivity contribution is -0.385. The molecule has 0 amide bonds. The van der Waals surface area contributed by atoms with Crippen molar-refractivity contribution < 1.29 is 19.2 Å². The molecule has 0 aliphatic rings. The topological polar surface area (TPSA) is 118 Å². The van der Waals surface area contributed by atoms with Gasteiger partial charge in [-0.1, -0.05) is 13.8 Å². The van der Waals surface area contributed by atoms with Crippen molar-refractivity contribution in [2.45, 2.75) is 20.8 Å². The number of anilines is 1. The van der Waals surface area contributed by atoms with E-state index >= 15 is 0 Å². The Balaban J connectivity index is 2.39. The monoisotopic (exact) mass is 365 g/mol. The number of ether oxygens (including phenoxy) is 2. The van der Waals surface area contributed by atoms with Crippen LogP contribution < -0.4 is 10.5 Å². The molecule has 0 fully saturated rings. The number of nitro benzene ring substituents is 1. The number of carbonyl (C=O) groups excluding carboxylic acids is 1. The Labute approximate surface area is 148 Å². The summed E-state index contributed by atoms with van der Waals surface area (Å²) >= 11 is 0.901. The van der Waals surface area contributed by atoms with Gasteiger partial charge in [-0.15, -0.1) is 0 Å². The van der Waals surface area contributed by atoms with Gasteiger partial charge in [0.15, 0.2) is 10.6 Å². The molecule has 2 rings (SSSR count). The van der Waals surface area contributed by atoms with Crippen LogP contribution in [0, 0.1) is 16.0 Å². The van der Waals surface area contributed by atoms with Crippen LogP contribution in [0.15, 0.2) is 18.2 Å². The van der Waals surface area contributed by atoms with Gasteiger partial charge in [0.2, 0.25) is 0 Å². The number of hydrogen-bond acceptors (Lipinski definition) is 8. The summed E-state index contributed by atoms with van der Waals surface area (Å²) in [5.41, 5.74) is 6.69. The number of nitro groups is 1. The number of nitrogen functional groups attached to an aromatic ring is 1. The smallest absolute Gasteiger partial charge is 0.352 e. The Hall–Kier alpha value is -2.68. The maximum atomic E-state index is 11.8. The molecule has 1 aromatic heterocycles. The molecule has 2 aromatic rings. The third-order valence-corrected chi connectivity index (χ3v) is 4.03. The van der Waals surface area contributed by atoms with Crippen molar-refractivity contribution in [3.8, 4) is 17.0 Å². The standard InChI is InChI=1S/C16H19N3O5S/c1-4-23-16(20)15-13(17)14(18-25-15)10-5-6-12(24-8-9(2)3)11(7-10)19(21)22/h5-7,9H,4,8,17H2,1-3H3. The summed E-state index contributed by atoms with van der Waals surface area (Å²) in [6, 6.07) is 4.48. The maximum absolute atomic E-state index is 11.8. The van der Waals surface area contributed by atoms with Crippen LogP contribution in [0.2, 0.25) is 0 Å². The van der Waals surface area contributed by atoms with Gasteiger partial charge in [-0.2, -0.15) is 4.37 Å². The first kappa shape index (κ1) is 18.7. The lowest BCUT2D eigenvalue weighted by Gasteiger charge is -2.10. The number of benzene rings is 1. The fourth-order valence-corrected chi connectivity index (χ4v) is 2.75. The van der Waals surface area contributed by atoms with Gasteiger partial charge in [0.1, 0.15) is 5.69 Å². The van der Waals surface area contributed by atoms with E-state index in [4.69, 9.17) is 15.2 Å². The van der Waals surface area contributed by atoms with Gasteiger partial charge in [0, 0.05) is 11.6 Å². The van der Waals surface area contributed by atoms with E-state index in [9.17, 15) is 14.9 Å². The molecule has 25 heavy (non-hydrogen) atoms. The number of aromatic nitrogens is 1. The van der Waals surface area contributed by atoms with E-state index < -0.39 is 10.9 Å². The largest absolute Gasteiger partial charge is 0.487 e. The van der Waals surface area contributed by atoms with E-state index in [1.54, 1.807) is 13.0 Å². The Morgan fingerprint density at radius 1 is 1.44 bits per heavy atom. The van der Waals surface area contributed by atoms with E-state index in [0.29, 0.717) is 17.9 Å². The van der Waals surface area contributed by atoms with Crippen LogP contribution in [-0.4, -0.2) is 28.5 Å². The molecule has 8 nitrogen and oxygen atoms in total. The zero-order chi connectivity index (χ0) is 18.6. The van der Waals surface area contributed by atoms with Crippen LogP contribution in [-0.2, 0) is 4.74 Å². The molecule has 0 bridgehead atoms. The van der Waals surface area contributed by atoms with Crippen molar-refractivity contribution in [3.63, 3.8) is 0 Å². The Morgan fingerprint density at radius 3 is 2.76 bits per heavy atom. The second-order valence-electron chi connectivity index (χ2n) is 5.64. The first-order valence-corrected chi connectivity index (χ1v) is 8.46. The van der Waals surface area contributed by atoms with Crippen LogP contribution in [0.1, 0.15) is 30.4 Å². The molecule has 0 aliphatic carbocycles. The van der Waals surface area contributed by atoms with E-state index in [-0.39, 0.29) is 34.5 Å². The molecule has 0 aliphatic heterocycles. The number of rotatable bonds is 7. The van der Waals surface area contributed by atoms with Crippen LogP contribution in [0.3, 0.4) is 0 Å². The molecule has 1 heterocycles. The first-order chi connectivity index (χ1) is 11.8. The van der Waals surface area contributed by atoms with E-state index in [1.165, 1.54) is 12.1 Å². The predicted octanol–water partition coefficient (Wildman–Crippen LogP) is 3.51. The maximum Gasteiger partial charge on any atom is 0.352 e. The summed E-state index contributed by atoms with van der Waals surface area (Å²) in [5, 5.41) is 11.3. The van der Waals surface area contributed by atoms with Crippen molar-refractivity contribution in [1.82, 2.24) is 4.37 Å². The van der Waals surface area contributed by atoms with Gasteiger partial charge in [-0.3, -0.25) is 10.1 Å². The first-order valence-electron chi connectivity index (χ1n) is 7.69. The van der Waals surface area contributed by atoms with E-state index in [0.717, 1.165) is 11.5 Å². The van der Waals surface area contributed by atoms with Crippen LogP contribution in [0.25, 0.3) is 11.3 Å². The number of nitrogens with two attached hydrogens (primary N) is 1. The quantitative estimate of drug-likeness (QED) is 0.453. The summed E-state index contributed by atoms with van der Waals surface area (Å²) in [7, 11) is 0. The van der Waals surface area contributed by atoms with Gasteiger partial charge in [-0.05, 0) is 36.5 Å². The third-order valence-electron chi connectivity index (χ3n) is 3.19. The molecular weight excluding hydrogens is 346 g/mol. The summed E-state index contributed by atoms with van der Waals surface area (Å²) in [6.45, 7) is 6.18. The minimum atomic E-state index is -0.560. The molecular formula is C16H19N3O5S. The van der Waals surface area contributed by atoms with Gasteiger partial charge < -0.3 is 15.2 Å². The molecule has 9 heteroatoms. The molecule has 0 atom stereocenters. The number of carbonyl (C=O) groups is 1. The second kappa shape index (κ2) is 7.93. The van der Waals surface area contributed by atoms with Crippen molar-refractivity contribution in [2.75, 3.05) is 18.9 Å². The van der Waals surface area contributed by atoms with Gasteiger partial charge in [0.05, 0.1) is 23.8 Å². The summed E-state index contributed by atoms with van der Waals surface area (Å²) in [6.07, 6.45) is 0. The number of hydrogen-bond donors (Lipinski definition) is 1. The van der Waals surface area contributed by atoms with Crippen molar-refractivity contribution in [1.29, 1.82) is 0 Å². The second-order valence-corrected chi connectivity index (χ2v) is 6.41. The highest BCUT2D eigenvalue weighted by molar-refractivity contribution is 7.09. The predicted molar refractivity (Wildman–Crippen MR) is 94.9 cm³/mol. The summed E-state index contributed by atoms with van der Waals surface area (Å²) in [4.78, 5) is 22.8. The average molecular weight is 365 g/mol. The van der Waals surface area contributed by atoms with Gasteiger partial charge >= 0.3 is 11.7 Å². The zero-order valence-corrected chi connectivity index (χ0v) is 15.0. The van der Waals surface area contributed by atoms with Crippen molar-refractivity contribution >= 4 is 28.9 Å². The number of nitrogens with zero attached hydrogens (tertiary/aromatic N) is 2. The van der Waals surface area contributed by atoms with Crippen LogP contribution in [0.4, 0.5) is 11.4 Å².